The molecule has 0 aromatic heterocycles. The van der Waals surface area contributed by atoms with Crippen LogP contribution in [0.4, 0.5) is 0 Å². The van der Waals surface area contributed by atoms with Gasteiger partial charge in [-0.25, -0.2) is 0 Å². The van der Waals surface area contributed by atoms with Gasteiger partial charge in [-0.15, -0.1) is 0 Å². The molecule has 1 aliphatic carbocycles. The zero-order valence-corrected chi connectivity index (χ0v) is 10.8. The summed E-state index contributed by atoms with van der Waals surface area (Å²) in [4.78, 5) is 23.0. The number of para-hydroxylation sites is 1. The molecule has 0 spiro atoms. The molecule has 0 atom stereocenters. The van der Waals surface area contributed by atoms with E-state index in [2.05, 4.69) is 5.32 Å². The van der Waals surface area contributed by atoms with Gasteiger partial charge in [-0.05, 0) is 18.9 Å². The first-order chi connectivity index (χ1) is 9.19. The fraction of sp³-hybridized carbons (Fsp3) is 0.429. The Kier molecular flexibility index (Phi) is 4.39. The van der Waals surface area contributed by atoms with Crippen LogP contribution in [0.3, 0.4) is 0 Å². The molecule has 0 bridgehead atoms. The number of benzene rings is 1. The SMILES string of the molecule is COc1ccccc1CC(=O)OCC(=O)NC1CC1. The number of hydrogen-bond donors (Lipinski definition) is 1. The monoisotopic (exact) mass is 263 g/mol. The lowest BCUT2D eigenvalue weighted by atomic mass is 10.1. The maximum absolute atomic E-state index is 11.6. The molecule has 0 heterocycles. The van der Waals surface area contributed by atoms with Crippen molar-refractivity contribution in [2.24, 2.45) is 0 Å². The molecular formula is C14H17NO4. The van der Waals surface area contributed by atoms with Crippen LogP contribution >= 0.6 is 0 Å². The predicted octanol–water partition coefficient (Wildman–Crippen LogP) is 1.06. The van der Waals surface area contributed by atoms with Crippen LogP contribution in [0, 0.1) is 0 Å². The largest absolute Gasteiger partial charge is 0.496 e. The van der Waals surface area contributed by atoms with Crippen LogP contribution < -0.4 is 10.1 Å². The van der Waals surface area contributed by atoms with E-state index >= 15 is 0 Å². The lowest BCUT2D eigenvalue weighted by Gasteiger charge is -2.08. The highest BCUT2D eigenvalue weighted by Crippen LogP contribution is 2.19. The van der Waals surface area contributed by atoms with Crippen molar-refractivity contribution in [2.45, 2.75) is 25.3 Å². The summed E-state index contributed by atoms with van der Waals surface area (Å²) in [6.07, 6.45) is 2.13. The predicted molar refractivity (Wildman–Crippen MR) is 68.8 cm³/mol. The van der Waals surface area contributed by atoms with Gasteiger partial charge in [-0.2, -0.15) is 0 Å². The summed E-state index contributed by atoms with van der Waals surface area (Å²) in [5.41, 5.74) is 0.748. The normalized spacial score (nSPS) is 13.7. The summed E-state index contributed by atoms with van der Waals surface area (Å²) < 4.78 is 10.1. The Bertz CT molecular complexity index is 468. The second kappa shape index (κ2) is 6.22. The molecule has 1 aliphatic rings. The fourth-order valence-electron chi connectivity index (χ4n) is 1.70. The van der Waals surface area contributed by atoms with E-state index in [1.165, 1.54) is 0 Å². The highest BCUT2D eigenvalue weighted by atomic mass is 16.5. The highest BCUT2D eigenvalue weighted by Gasteiger charge is 2.23. The Morgan fingerprint density at radius 3 is 2.74 bits per heavy atom. The molecule has 2 rings (SSSR count). The molecule has 5 heteroatoms. The van der Waals surface area contributed by atoms with E-state index in [9.17, 15) is 9.59 Å². The number of hydrogen-bond acceptors (Lipinski definition) is 4. The molecule has 1 N–H and O–H groups in total. The number of esters is 1. The van der Waals surface area contributed by atoms with Crippen LogP contribution in [-0.2, 0) is 20.7 Å². The van der Waals surface area contributed by atoms with Gasteiger partial charge < -0.3 is 14.8 Å². The number of ether oxygens (including phenoxy) is 2. The molecule has 1 saturated carbocycles. The Balaban J connectivity index is 1.78. The van der Waals surface area contributed by atoms with Crippen LogP contribution in [0.15, 0.2) is 24.3 Å². The van der Waals surface area contributed by atoms with E-state index in [4.69, 9.17) is 9.47 Å². The van der Waals surface area contributed by atoms with Gasteiger partial charge >= 0.3 is 5.97 Å². The summed E-state index contributed by atoms with van der Waals surface area (Å²) in [5, 5.41) is 2.75. The molecule has 102 valence electrons. The van der Waals surface area contributed by atoms with Crippen molar-refractivity contribution in [1.29, 1.82) is 0 Å². The van der Waals surface area contributed by atoms with Crippen molar-refractivity contribution in [1.82, 2.24) is 5.32 Å². The summed E-state index contributed by atoms with van der Waals surface area (Å²) >= 11 is 0. The van der Waals surface area contributed by atoms with Crippen LogP contribution in [0.5, 0.6) is 5.75 Å². The standard InChI is InChI=1S/C14H17NO4/c1-18-12-5-3-2-4-10(12)8-14(17)19-9-13(16)15-11-6-7-11/h2-5,11H,6-9H2,1H3,(H,15,16). The van der Waals surface area contributed by atoms with Crippen LogP contribution in [0.25, 0.3) is 0 Å². The van der Waals surface area contributed by atoms with E-state index in [0.717, 1.165) is 18.4 Å². The molecule has 0 aliphatic heterocycles. The quantitative estimate of drug-likeness (QED) is 0.779. The topological polar surface area (TPSA) is 64.6 Å². The lowest BCUT2D eigenvalue weighted by Crippen LogP contribution is -2.30. The average molecular weight is 263 g/mol. The molecule has 1 aromatic rings. The van der Waals surface area contributed by atoms with Crippen molar-refractivity contribution in [3.05, 3.63) is 29.8 Å². The number of rotatable bonds is 6. The van der Waals surface area contributed by atoms with E-state index in [0.29, 0.717) is 5.75 Å². The van der Waals surface area contributed by atoms with Crippen molar-refractivity contribution in [3.63, 3.8) is 0 Å². The first-order valence-corrected chi connectivity index (χ1v) is 6.26. The summed E-state index contributed by atoms with van der Waals surface area (Å²) in [6.45, 7) is -0.218. The molecule has 1 aromatic carbocycles. The average Bonchev–Trinajstić information content (AvgIpc) is 3.21. The minimum absolute atomic E-state index is 0.0979. The van der Waals surface area contributed by atoms with E-state index in [1.807, 2.05) is 12.1 Å². The highest BCUT2D eigenvalue weighted by molar-refractivity contribution is 5.81. The van der Waals surface area contributed by atoms with Crippen molar-refractivity contribution in [3.8, 4) is 5.75 Å². The van der Waals surface area contributed by atoms with E-state index in [-0.39, 0.29) is 25.0 Å². The van der Waals surface area contributed by atoms with Crippen molar-refractivity contribution < 1.29 is 19.1 Å². The summed E-state index contributed by atoms with van der Waals surface area (Å²) in [7, 11) is 1.55. The maximum Gasteiger partial charge on any atom is 0.310 e. The third-order valence-corrected chi connectivity index (χ3v) is 2.83. The van der Waals surface area contributed by atoms with Gasteiger partial charge in [0, 0.05) is 11.6 Å². The Morgan fingerprint density at radius 1 is 1.32 bits per heavy atom. The van der Waals surface area contributed by atoms with E-state index in [1.54, 1.807) is 19.2 Å². The molecule has 1 fully saturated rings. The van der Waals surface area contributed by atoms with Gasteiger partial charge in [0.05, 0.1) is 13.5 Å². The second-order valence-electron chi connectivity index (χ2n) is 4.49. The smallest absolute Gasteiger partial charge is 0.310 e. The van der Waals surface area contributed by atoms with Gasteiger partial charge in [0.25, 0.3) is 5.91 Å². The van der Waals surface area contributed by atoms with Crippen molar-refractivity contribution >= 4 is 11.9 Å². The zero-order chi connectivity index (χ0) is 13.7. The molecule has 19 heavy (non-hydrogen) atoms. The van der Waals surface area contributed by atoms with E-state index < -0.39 is 5.97 Å². The second-order valence-corrected chi connectivity index (χ2v) is 4.49. The lowest BCUT2D eigenvalue weighted by molar-refractivity contribution is -0.147. The zero-order valence-electron chi connectivity index (χ0n) is 10.8. The number of carbonyl (C=O) groups is 2. The fourth-order valence-corrected chi connectivity index (χ4v) is 1.70. The van der Waals surface area contributed by atoms with Crippen LogP contribution in [-0.4, -0.2) is 31.6 Å². The molecule has 0 radical (unpaired) electrons. The van der Waals surface area contributed by atoms with Gasteiger partial charge in [0.1, 0.15) is 5.75 Å². The third-order valence-electron chi connectivity index (χ3n) is 2.83. The molecule has 1 amide bonds. The van der Waals surface area contributed by atoms with Crippen molar-refractivity contribution in [2.75, 3.05) is 13.7 Å². The van der Waals surface area contributed by atoms with Gasteiger partial charge in [-0.1, -0.05) is 18.2 Å². The molecular weight excluding hydrogens is 246 g/mol. The number of amides is 1. The molecule has 5 nitrogen and oxygen atoms in total. The Morgan fingerprint density at radius 2 is 2.05 bits per heavy atom. The van der Waals surface area contributed by atoms with Gasteiger partial charge in [-0.3, -0.25) is 9.59 Å². The molecule has 0 unspecified atom stereocenters. The third kappa shape index (κ3) is 4.28. The summed E-state index contributed by atoms with van der Waals surface area (Å²) in [6, 6.07) is 7.51. The van der Waals surface area contributed by atoms with Crippen LogP contribution in [0.2, 0.25) is 0 Å². The Hall–Kier alpha value is -2.04. The summed E-state index contributed by atoms with van der Waals surface area (Å²) in [5.74, 6) is -0.0341. The number of nitrogens with one attached hydrogen (secondary N) is 1. The van der Waals surface area contributed by atoms with Crippen LogP contribution in [0.1, 0.15) is 18.4 Å². The maximum atomic E-state index is 11.6. The minimum atomic E-state index is -0.435. The van der Waals surface area contributed by atoms with Gasteiger partial charge in [0.2, 0.25) is 0 Å². The first-order valence-electron chi connectivity index (χ1n) is 6.26. The molecule has 0 saturated heterocycles. The first kappa shape index (κ1) is 13.4. The minimum Gasteiger partial charge on any atom is -0.496 e. The van der Waals surface area contributed by atoms with Gasteiger partial charge in [0.15, 0.2) is 6.61 Å². The Labute approximate surface area is 111 Å². The number of carbonyl (C=O) groups excluding carboxylic acids is 2. The number of methoxy groups -OCH3 is 1.